The third-order valence-corrected chi connectivity index (χ3v) is 3.37. The predicted octanol–water partition coefficient (Wildman–Crippen LogP) is 2.79. The average Bonchev–Trinajstić information content (AvgIpc) is 2.18. The Balaban J connectivity index is 2.41. The zero-order chi connectivity index (χ0) is 9.26. The Morgan fingerprint density at radius 3 is 3.00 bits per heavy atom. The SMILES string of the molecule is CSc1ccc2c(c1)N(C)CCC2. The lowest BCUT2D eigenvalue weighted by molar-refractivity contribution is 0.743. The molecule has 0 N–H and O–H groups in total. The van der Waals surface area contributed by atoms with E-state index >= 15 is 0 Å². The van der Waals surface area contributed by atoms with Crippen LogP contribution in [0.15, 0.2) is 23.1 Å². The van der Waals surface area contributed by atoms with Crippen LogP contribution in [0.25, 0.3) is 0 Å². The number of thioether (sulfide) groups is 1. The van der Waals surface area contributed by atoms with Crippen molar-refractivity contribution in [1.29, 1.82) is 0 Å². The van der Waals surface area contributed by atoms with Gasteiger partial charge in [0.25, 0.3) is 0 Å². The third kappa shape index (κ3) is 1.68. The molecule has 2 heteroatoms. The molecule has 1 aliphatic heterocycles. The summed E-state index contributed by atoms with van der Waals surface area (Å²) in [6.45, 7) is 1.20. The fourth-order valence-corrected chi connectivity index (χ4v) is 2.30. The summed E-state index contributed by atoms with van der Waals surface area (Å²) in [7, 11) is 2.18. The molecule has 0 saturated heterocycles. The molecule has 0 bridgehead atoms. The second-order valence-electron chi connectivity index (χ2n) is 3.52. The third-order valence-electron chi connectivity index (χ3n) is 2.64. The van der Waals surface area contributed by atoms with E-state index in [2.05, 4.69) is 36.4 Å². The Morgan fingerprint density at radius 2 is 2.23 bits per heavy atom. The van der Waals surface area contributed by atoms with E-state index in [0.29, 0.717) is 0 Å². The lowest BCUT2D eigenvalue weighted by atomic mass is 10.0. The van der Waals surface area contributed by atoms with E-state index in [1.165, 1.54) is 35.5 Å². The quantitative estimate of drug-likeness (QED) is 0.631. The molecule has 1 nitrogen and oxygen atoms in total. The average molecular weight is 193 g/mol. The van der Waals surface area contributed by atoms with Gasteiger partial charge in [-0.2, -0.15) is 0 Å². The van der Waals surface area contributed by atoms with E-state index in [1.807, 2.05) is 11.8 Å². The summed E-state index contributed by atoms with van der Waals surface area (Å²) < 4.78 is 0. The summed E-state index contributed by atoms with van der Waals surface area (Å²) in [5, 5.41) is 0. The van der Waals surface area contributed by atoms with Crippen molar-refractivity contribution in [3.05, 3.63) is 23.8 Å². The molecular formula is C11H15NS. The molecule has 1 heterocycles. The van der Waals surface area contributed by atoms with Crippen LogP contribution in [-0.2, 0) is 6.42 Å². The van der Waals surface area contributed by atoms with Gasteiger partial charge in [0.1, 0.15) is 0 Å². The van der Waals surface area contributed by atoms with Crippen molar-refractivity contribution in [3.63, 3.8) is 0 Å². The Labute approximate surface area is 84.1 Å². The lowest BCUT2D eigenvalue weighted by Gasteiger charge is -2.27. The minimum atomic E-state index is 1.20. The largest absolute Gasteiger partial charge is 0.374 e. The van der Waals surface area contributed by atoms with E-state index in [-0.39, 0.29) is 0 Å². The highest BCUT2D eigenvalue weighted by Gasteiger charge is 2.13. The van der Waals surface area contributed by atoms with Gasteiger partial charge in [0.2, 0.25) is 0 Å². The van der Waals surface area contributed by atoms with E-state index in [4.69, 9.17) is 0 Å². The number of aryl methyl sites for hydroxylation is 1. The van der Waals surface area contributed by atoms with Gasteiger partial charge in [0.15, 0.2) is 0 Å². The molecule has 0 spiro atoms. The van der Waals surface area contributed by atoms with Gasteiger partial charge in [0.05, 0.1) is 0 Å². The molecular weight excluding hydrogens is 178 g/mol. The first kappa shape index (κ1) is 8.95. The zero-order valence-electron chi connectivity index (χ0n) is 8.21. The normalized spacial score (nSPS) is 15.7. The molecule has 0 radical (unpaired) electrons. The van der Waals surface area contributed by atoms with Gasteiger partial charge in [-0.15, -0.1) is 11.8 Å². The monoisotopic (exact) mass is 193 g/mol. The van der Waals surface area contributed by atoms with Crippen molar-refractivity contribution >= 4 is 17.4 Å². The van der Waals surface area contributed by atoms with E-state index in [9.17, 15) is 0 Å². The van der Waals surface area contributed by atoms with Gasteiger partial charge in [-0.05, 0) is 36.8 Å². The first-order valence-corrected chi connectivity index (χ1v) is 5.92. The first-order valence-electron chi connectivity index (χ1n) is 4.69. The topological polar surface area (TPSA) is 3.24 Å². The van der Waals surface area contributed by atoms with Crippen LogP contribution in [-0.4, -0.2) is 19.8 Å². The molecule has 1 aromatic rings. The molecule has 1 aromatic carbocycles. The Hall–Kier alpha value is -0.630. The van der Waals surface area contributed by atoms with Crippen LogP contribution in [0, 0.1) is 0 Å². The molecule has 0 amide bonds. The fraction of sp³-hybridized carbons (Fsp3) is 0.455. The number of fused-ring (bicyclic) bond motifs is 1. The molecule has 0 fully saturated rings. The van der Waals surface area contributed by atoms with Crippen LogP contribution in [0.1, 0.15) is 12.0 Å². The van der Waals surface area contributed by atoms with Crippen molar-refractivity contribution in [2.24, 2.45) is 0 Å². The van der Waals surface area contributed by atoms with E-state index in [1.54, 1.807) is 0 Å². The summed E-state index contributed by atoms with van der Waals surface area (Å²) in [6.07, 6.45) is 4.67. The lowest BCUT2D eigenvalue weighted by Crippen LogP contribution is -2.24. The van der Waals surface area contributed by atoms with Gasteiger partial charge < -0.3 is 4.90 Å². The molecule has 0 aliphatic carbocycles. The Bertz CT molecular complexity index is 309. The number of benzene rings is 1. The van der Waals surface area contributed by atoms with Crippen molar-refractivity contribution in [3.8, 4) is 0 Å². The highest BCUT2D eigenvalue weighted by molar-refractivity contribution is 7.98. The van der Waals surface area contributed by atoms with Gasteiger partial charge >= 0.3 is 0 Å². The second-order valence-corrected chi connectivity index (χ2v) is 4.40. The first-order chi connectivity index (χ1) is 6.31. The number of hydrogen-bond donors (Lipinski definition) is 0. The zero-order valence-corrected chi connectivity index (χ0v) is 9.03. The summed E-state index contributed by atoms with van der Waals surface area (Å²) in [6, 6.07) is 6.80. The molecule has 70 valence electrons. The fourth-order valence-electron chi connectivity index (χ4n) is 1.86. The van der Waals surface area contributed by atoms with Crippen molar-refractivity contribution in [2.45, 2.75) is 17.7 Å². The van der Waals surface area contributed by atoms with Crippen LogP contribution in [0.2, 0.25) is 0 Å². The summed E-state index contributed by atoms with van der Waals surface area (Å²) in [5.41, 5.74) is 2.93. The minimum absolute atomic E-state index is 1.20. The number of nitrogens with zero attached hydrogens (tertiary/aromatic N) is 1. The molecule has 13 heavy (non-hydrogen) atoms. The maximum absolute atomic E-state index is 2.36. The van der Waals surface area contributed by atoms with E-state index < -0.39 is 0 Å². The maximum atomic E-state index is 2.36. The smallest absolute Gasteiger partial charge is 0.0407 e. The minimum Gasteiger partial charge on any atom is -0.374 e. The van der Waals surface area contributed by atoms with Gasteiger partial charge in [0, 0.05) is 24.2 Å². The van der Waals surface area contributed by atoms with Gasteiger partial charge in [-0.1, -0.05) is 6.07 Å². The van der Waals surface area contributed by atoms with Crippen LogP contribution in [0.5, 0.6) is 0 Å². The Kier molecular flexibility index (Phi) is 2.49. The second kappa shape index (κ2) is 3.62. The van der Waals surface area contributed by atoms with Crippen LogP contribution < -0.4 is 4.90 Å². The van der Waals surface area contributed by atoms with Crippen LogP contribution in [0.4, 0.5) is 5.69 Å². The molecule has 0 aromatic heterocycles. The number of anilines is 1. The maximum Gasteiger partial charge on any atom is 0.0407 e. The van der Waals surface area contributed by atoms with E-state index in [0.717, 1.165) is 0 Å². The standard InChI is InChI=1S/C11H15NS/c1-12-7-3-4-9-5-6-10(13-2)8-11(9)12/h5-6,8H,3-4,7H2,1-2H3. The molecule has 1 aliphatic rings. The predicted molar refractivity (Wildman–Crippen MR) is 59.8 cm³/mol. The molecule has 2 rings (SSSR count). The Morgan fingerprint density at radius 1 is 1.38 bits per heavy atom. The van der Waals surface area contributed by atoms with Crippen molar-refractivity contribution < 1.29 is 0 Å². The van der Waals surface area contributed by atoms with Crippen LogP contribution >= 0.6 is 11.8 Å². The summed E-state index contributed by atoms with van der Waals surface area (Å²) >= 11 is 1.82. The highest BCUT2D eigenvalue weighted by Crippen LogP contribution is 2.29. The van der Waals surface area contributed by atoms with Crippen molar-refractivity contribution in [2.75, 3.05) is 24.7 Å². The number of hydrogen-bond acceptors (Lipinski definition) is 2. The molecule has 0 unspecified atom stereocenters. The summed E-state index contributed by atoms with van der Waals surface area (Å²) in [5.74, 6) is 0. The summed E-state index contributed by atoms with van der Waals surface area (Å²) in [4.78, 5) is 3.73. The van der Waals surface area contributed by atoms with Gasteiger partial charge in [-0.25, -0.2) is 0 Å². The highest BCUT2D eigenvalue weighted by atomic mass is 32.2. The van der Waals surface area contributed by atoms with Gasteiger partial charge in [-0.3, -0.25) is 0 Å². The number of rotatable bonds is 1. The molecule has 0 atom stereocenters. The molecule has 0 saturated carbocycles. The van der Waals surface area contributed by atoms with Crippen molar-refractivity contribution in [1.82, 2.24) is 0 Å². The van der Waals surface area contributed by atoms with Crippen LogP contribution in [0.3, 0.4) is 0 Å².